The van der Waals surface area contributed by atoms with Crippen LogP contribution in [0.15, 0.2) is 66.7 Å². The molecule has 5 heteroatoms. The van der Waals surface area contributed by atoms with Crippen molar-refractivity contribution in [2.75, 3.05) is 11.9 Å². The Labute approximate surface area is 149 Å². The zero-order valence-corrected chi connectivity index (χ0v) is 13.8. The zero-order valence-electron chi connectivity index (χ0n) is 13.8. The maximum absolute atomic E-state index is 13.7. The van der Waals surface area contributed by atoms with Gasteiger partial charge in [-0.05, 0) is 34.4 Å². The number of rotatable bonds is 3. The van der Waals surface area contributed by atoms with Gasteiger partial charge in [-0.2, -0.15) is 0 Å². The Kier molecular flexibility index (Phi) is 4.05. The van der Waals surface area contributed by atoms with Crippen LogP contribution >= 0.6 is 0 Å². The van der Waals surface area contributed by atoms with Crippen LogP contribution in [0.1, 0.15) is 17.0 Å². The van der Waals surface area contributed by atoms with Crippen molar-refractivity contribution < 1.29 is 19.0 Å². The number of aromatic hydroxyl groups is 1. The molecule has 0 atom stereocenters. The standard InChI is InChI=1S/C21H16FNO3/c22-18-10-5-11-19(24)20(18)23-21(25)26-12-17-15-8-3-1-6-13(15)14-7-2-4-9-16(14)17/h1-11,17,24H,12H2,(H,23,25). The van der Waals surface area contributed by atoms with Crippen LogP contribution in [0.25, 0.3) is 11.1 Å². The molecule has 0 bridgehead atoms. The van der Waals surface area contributed by atoms with Gasteiger partial charge in [0.2, 0.25) is 0 Å². The van der Waals surface area contributed by atoms with Crippen LogP contribution in [0.4, 0.5) is 14.9 Å². The maximum Gasteiger partial charge on any atom is 0.411 e. The van der Waals surface area contributed by atoms with E-state index in [1.807, 2.05) is 48.5 Å². The van der Waals surface area contributed by atoms with Gasteiger partial charge >= 0.3 is 6.09 Å². The van der Waals surface area contributed by atoms with Crippen LogP contribution in [-0.4, -0.2) is 17.8 Å². The Bertz CT molecular complexity index is 921. The fourth-order valence-electron chi connectivity index (χ4n) is 3.37. The van der Waals surface area contributed by atoms with E-state index in [9.17, 15) is 14.3 Å². The van der Waals surface area contributed by atoms with Gasteiger partial charge in [0.05, 0.1) is 0 Å². The third kappa shape index (κ3) is 2.77. The molecule has 1 aliphatic carbocycles. The number of amides is 1. The van der Waals surface area contributed by atoms with Crippen molar-refractivity contribution in [3.05, 3.63) is 83.7 Å². The molecular weight excluding hydrogens is 333 g/mol. The second-order valence-electron chi connectivity index (χ2n) is 6.08. The number of para-hydroxylation sites is 1. The lowest BCUT2D eigenvalue weighted by molar-refractivity contribution is 0.158. The van der Waals surface area contributed by atoms with Crippen molar-refractivity contribution in [1.29, 1.82) is 0 Å². The van der Waals surface area contributed by atoms with Gasteiger partial charge in [-0.3, -0.25) is 5.32 Å². The van der Waals surface area contributed by atoms with Crippen LogP contribution < -0.4 is 5.32 Å². The van der Waals surface area contributed by atoms with Gasteiger partial charge in [0, 0.05) is 5.92 Å². The first-order valence-corrected chi connectivity index (χ1v) is 8.24. The third-order valence-electron chi connectivity index (χ3n) is 4.56. The molecule has 130 valence electrons. The minimum atomic E-state index is -0.813. The van der Waals surface area contributed by atoms with Gasteiger partial charge in [0.1, 0.15) is 18.0 Å². The van der Waals surface area contributed by atoms with E-state index < -0.39 is 11.9 Å². The van der Waals surface area contributed by atoms with Crippen LogP contribution in [0, 0.1) is 5.82 Å². The summed E-state index contributed by atoms with van der Waals surface area (Å²) in [6.45, 7) is 0.120. The number of ether oxygens (including phenoxy) is 1. The van der Waals surface area contributed by atoms with E-state index in [1.54, 1.807) is 0 Å². The Hall–Kier alpha value is -3.34. The normalized spacial score (nSPS) is 12.3. The molecular formula is C21H16FNO3. The molecule has 0 radical (unpaired) electrons. The van der Waals surface area contributed by atoms with Crippen LogP contribution in [-0.2, 0) is 4.74 Å². The average molecular weight is 349 g/mol. The third-order valence-corrected chi connectivity index (χ3v) is 4.56. The molecule has 0 saturated carbocycles. The monoisotopic (exact) mass is 349 g/mol. The topological polar surface area (TPSA) is 58.6 Å². The van der Waals surface area contributed by atoms with E-state index in [4.69, 9.17) is 4.74 Å². The Balaban J connectivity index is 1.52. The predicted octanol–water partition coefficient (Wildman–Crippen LogP) is 4.89. The van der Waals surface area contributed by atoms with E-state index in [1.165, 1.54) is 12.1 Å². The molecule has 0 aromatic heterocycles. The molecule has 0 aliphatic heterocycles. The number of phenols is 1. The molecule has 3 aromatic carbocycles. The van der Waals surface area contributed by atoms with Gasteiger partial charge < -0.3 is 9.84 Å². The van der Waals surface area contributed by atoms with Crippen molar-refractivity contribution >= 4 is 11.8 Å². The highest BCUT2D eigenvalue weighted by Crippen LogP contribution is 2.44. The maximum atomic E-state index is 13.7. The quantitative estimate of drug-likeness (QED) is 0.662. The summed E-state index contributed by atoms with van der Waals surface area (Å²) in [5, 5.41) is 11.9. The number of carbonyl (C=O) groups is 1. The Morgan fingerprint density at radius 1 is 0.962 bits per heavy atom. The first kappa shape index (κ1) is 16.1. The van der Waals surface area contributed by atoms with E-state index >= 15 is 0 Å². The fraction of sp³-hybridized carbons (Fsp3) is 0.0952. The molecule has 26 heavy (non-hydrogen) atoms. The summed E-state index contributed by atoms with van der Waals surface area (Å²) in [6.07, 6.45) is -0.813. The van der Waals surface area contributed by atoms with Gasteiger partial charge in [0.15, 0.2) is 5.82 Å². The second kappa shape index (κ2) is 6.52. The van der Waals surface area contributed by atoms with Crippen molar-refractivity contribution in [2.24, 2.45) is 0 Å². The molecule has 4 rings (SSSR count). The van der Waals surface area contributed by atoms with E-state index in [-0.39, 0.29) is 24.0 Å². The molecule has 0 saturated heterocycles. The number of halogens is 1. The lowest BCUT2D eigenvalue weighted by Crippen LogP contribution is -2.18. The molecule has 0 fully saturated rings. The summed E-state index contributed by atoms with van der Waals surface area (Å²) >= 11 is 0. The van der Waals surface area contributed by atoms with Gasteiger partial charge in [-0.15, -0.1) is 0 Å². The number of nitrogens with one attached hydrogen (secondary N) is 1. The first-order chi connectivity index (χ1) is 12.6. The lowest BCUT2D eigenvalue weighted by atomic mass is 9.98. The molecule has 0 unspecified atom stereocenters. The number of phenolic OH excluding ortho intramolecular Hbond substituents is 1. The summed E-state index contributed by atoms with van der Waals surface area (Å²) in [5.41, 5.74) is 4.16. The van der Waals surface area contributed by atoms with Gasteiger partial charge in [-0.1, -0.05) is 54.6 Å². The van der Waals surface area contributed by atoms with Crippen molar-refractivity contribution in [3.8, 4) is 16.9 Å². The highest BCUT2D eigenvalue weighted by Gasteiger charge is 2.29. The van der Waals surface area contributed by atoms with E-state index in [0.717, 1.165) is 28.3 Å². The number of fused-ring (bicyclic) bond motifs is 3. The number of hydrogen-bond donors (Lipinski definition) is 2. The Morgan fingerprint density at radius 2 is 1.58 bits per heavy atom. The van der Waals surface area contributed by atoms with Crippen molar-refractivity contribution in [1.82, 2.24) is 0 Å². The minimum Gasteiger partial charge on any atom is -0.506 e. The van der Waals surface area contributed by atoms with Crippen LogP contribution in [0.3, 0.4) is 0 Å². The number of hydrogen-bond acceptors (Lipinski definition) is 3. The number of anilines is 1. The van der Waals surface area contributed by atoms with E-state index in [0.29, 0.717) is 0 Å². The molecule has 0 spiro atoms. The molecule has 4 nitrogen and oxygen atoms in total. The largest absolute Gasteiger partial charge is 0.506 e. The summed E-state index contributed by atoms with van der Waals surface area (Å²) in [4.78, 5) is 12.1. The molecule has 3 aromatic rings. The molecule has 1 aliphatic rings. The summed E-state index contributed by atoms with van der Waals surface area (Å²) < 4.78 is 19.0. The predicted molar refractivity (Wildman–Crippen MR) is 96.8 cm³/mol. The summed E-state index contributed by atoms with van der Waals surface area (Å²) in [7, 11) is 0. The van der Waals surface area contributed by atoms with Crippen molar-refractivity contribution in [3.63, 3.8) is 0 Å². The number of carbonyl (C=O) groups excluding carboxylic acids is 1. The first-order valence-electron chi connectivity index (χ1n) is 8.24. The minimum absolute atomic E-state index is 0.0811. The van der Waals surface area contributed by atoms with Gasteiger partial charge in [0.25, 0.3) is 0 Å². The fourth-order valence-corrected chi connectivity index (χ4v) is 3.37. The van der Waals surface area contributed by atoms with Crippen LogP contribution in [0.5, 0.6) is 5.75 Å². The lowest BCUT2D eigenvalue weighted by Gasteiger charge is -2.15. The zero-order chi connectivity index (χ0) is 18.1. The molecule has 2 N–H and O–H groups in total. The molecule has 0 heterocycles. The van der Waals surface area contributed by atoms with Crippen LogP contribution in [0.2, 0.25) is 0 Å². The summed E-state index contributed by atoms with van der Waals surface area (Å²) in [6, 6.07) is 19.8. The average Bonchev–Trinajstić information content (AvgIpc) is 2.97. The summed E-state index contributed by atoms with van der Waals surface area (Å²) in [5.74, 6) is -1.15. The number of benzene rings is 3. The second-order valence-corrected chi connectivity index (χ2v) is 6.08. The smallest absolute Gasteiger partial charge is 0.411 e. The van der Waals surface area contributed by atoms with E-state index in [2.05, 4.69) is 5.32 Å². The van der Waals surface area contributed by atoms with Gasteiger partial charge in [-0.25, -0.2) is 9.18 Å². The highest BCUT2D eigenvalue weighted by atomic mass is 19.1. The highest BCUT2D eigenvalue weighted by molar-refractivity contribution is 5.87. The molecule has 1 amide bonds. The Morgan fingerprint density at radius 3 is 2.19 bits per heavy atom. The van der Waals surface area contributed by atoms with Crippen molar-refractivity contribution in [2.45, 2.75) is 5.92 Å². The SMILES string of the molecule is O=C(Nc1c(O)cccc1F)OCC1c2ccccc2-c2ccccc21.